The number of rotatable bonds is 20. The number of hydrogen-bond donors (Lipinski definition) is 0. The van der Waals surface area contributed by atoms with Crippen molar-refractivity contribution in [1.29, 1.82) is 0 Å². The maximum Gasteiger partial charge on any atom is 0.102 e. The number of quaternary nitrogens is 1. The Bertz CT molecular complexity index is 425. The predicted molar refractivity (Wildman–Crippen MR) is 129 cm³/mol. The lowest BCUT2D eigenvalue weighted by atomic mass is 10.0. The molecule has 0 rings (SSSR count). The summed E-state index contributed by atoms with van der Waals surface area (Å²) < 4.78 is 33.9. The van der Waals surface area contributed by atoms with Crippen LogP contribution in [0.15, 0.2) is 0 Å². The second-order valence-corrected chi connectivity index (χ2v) is 11.0. The molecule has 0 aromatic heterocycles. The van der Waals surface area contributed by atoms with Gasteiger partial charge in [0, 0.05) is 12.9 Å². The molecule has 0 fully saturated rings. The van der Waals surface area contributed by atoms with Gasteiger partial charge in [0.2, 0.25) is 0 Å². The van der Waals surface area contributed by atoms with Gasteiger partial charge in [0.25, 0.3) is 0 Å². The zero-order valence-electron chi connectivity index (χ0n) is 20.9. The van der Waals surface area contributed by atoms with Crippen molar-refractivity contribution in [2.45, 2.75) is 110 Å². The Kier molecular flexibility index (Phi) is 23.5. The molecule has 0 aromatic rings. The van der Waals surface area contributed by atoms with E-state index < -0.39 is 10.1 Å². The highest BCUT2D eigenvalue weighted by Gasteiger charge is 2.05. The lowest BCUT2D eigenvalue weighted by Gasteiger charge is -2.23. The molecule has 0 saturated heterocycles. The van der Waals surface area contributed by atoms with Gasteiger partial charge in [0.05, 0.1) is 37.9 Å². The average molecular weight is 452 g/mol. The van der Waals surface area contributed by atoms with E-state index in [0.717, 1.165) is 24.2 Å². The van der Waals surface area contributed by atoms with Crippen molar-refractivity contribution in [3.05, 3.63) is 0 Å². The summed E-state index contributed by atoms with van der Waals surface area (Å²) >= 11 is 0. The molecule has 30 heavy (non-hydrogen) atoms. The van der Waals surface area contributed by atoms with Crippen molar-refractivity contribution in [1.82, 2.24) is 0 Å². The second-order valence-electron chi connectivity index (χ2n) is 9.63. The Morgan fingerprint density at radius 2 is 0.933 bits per heavy atom. The third-order valence-corrected chi connectivity index (χ3v) is 5.05. The van der Waals surface area contributed by atoms with E-state index in [1.807, 2.05) is 0 Å². The van der Waals surface area contributed by atoms with Crippen LogP contribution >= 0.6 is 0 Å². The molecule has 0 heterocycles. The van der Waals surface area contributed by atoms with E-state index in [1.54, 1.807) is 0 Å². The summed E-state index contributed by atoms with van der Waals surface area (Å²) in [4.78, 5) is 0. The monoisotopic (exact) mass is 451 g/mol. The topological polar surface area (TPSA) is 66.4 Å². The van der Waals surface area contributed by atoms with Gasteiger partial charge in [-0.15, -0.1) is 0 Å². The summed E-state index contributed by atoms with van der Waals surface area (Å²) in [5, 5.41) is 0. The first-order valence-electron chi connectivity index (χ1n) is 12.4. The Balaban J connectivity index is 0. The van der Waals surface area contributed by atoms with E-state index in [-0.39, 0.29) is 0 Å². The van der Waals surface area contributed by atoms with Gasteiger partial charge in [-0.05, 0) is 6.42 Å². The second kappa shape index (κ2) is 22.0. The molecule has 6 heteroatoms. The molecule has 0 N–H and O–H groups in total. The van der Waals surface area contributed by atoms with Gasteiger partial charge >= 0.3 is 0 Å². The van der Waals surface area contributed by atoms with Crippen LogP contribution in [0, 0.1) is 0 Å². The molecule has 0 bridgehead atoms. The Morgan fingerprint density at radius 3 is 1.23 bits per heavy atom. The molecule has 0 aliphatic rings. The van der Waals surface area contributed by atoms with Crippen molar-refractivity contribution in [3.8, 4) is 0 Å². The van der Waals surface area contributed by atoms with E-state index >= 15 is 0 Å². The van der Waals surface area contributed by atoms with Gasteiger partial charge in [0.1, 0.15) is 6.54 Å². The van der Waals surface area contributed by atoms with Gasteiger partial charge in [0.15, 0.2) is 0 Å². The molecule has 0 atom stereocenters. The van der Waals surface area contributed by atoms with Crippen LogP contribution in [0.25, 0.3) is 0 Å². The van der Waals surface area contributed by atoms with E-state index in [9.17, 15) is 0 Å². The van der Waals surface area contributed by atoms with Gasteiger partial charge in [-0.1, -0.05) is 103 Å². The lowest BCUT2D eigenvalue weighted by Crippen LogP contribution is -2.37. The van der Waals surface area contributed by atoms with Gasteiger partial charge in [-0.2, -0.15) is 0 Å². The molecule has 0 unspecified atom stereocenters. The van der Waals surface area contributed by atoms with Crippen LogP contribution in [-0.4, -0.2) is 64.6 Å². The highest BCUT2D eigenvalue weighted by Crippen LogP contribution is 2.13. The van der Waals surface area contributed by atoms with Crippen molar-refractivity contribution in [3.63, 3.8) is 0 Å². The fraction of sp³-hybridized carbons (Fsp3) is 1.00. The number of likely N-dealkylation sites (N-methyl/N-ethyl adjacent to an activating group) is 1. The van der Waals surface area contributed by atoms with Crippen molar-refractivity contribution >= 4 is 10.1 Å². The van der Waals surface area contributed by atoms with Gasteiger partial charge in [-0.25, -0.2) is 8.42 Å². The third kappa shape index (κ3) is 42.0. The standard InChI is InChI=1S/C23H50NO.CH4O3S/c1-5-6-7-8-9-10-11-12-13-14-15-16-17-18-19-20-22-25-23-21-24(2,3)4;1-5(2,3)4/h5-23H2,1-4H3;1H3,(H,2,3,4)/q+1;/p-1. The first kappa shape index (κ1) is 32.0. The van der Waals surface area contributed by atoms with Gasteiger partial charge < -0.3 is 13.8 Å². The van der Waals surface area contributed by atoms with Gasteiger partial charge in [-0.3, -0.25) is 0 Å². The molecule has 0 radical (unpaired) electrons. The normalized spacial score (nSPS) is 11.9. The molecule has 0 amide bonds. The predicted octanol–water partition coefficient (Wildman–Crippen LogP) is 6.13. The fourth-order valence-electron chi connectivity index (χ4n) is 3.19. The summed E-state index contributed by atoms with van der Waals surface area (Å²) in [5.74, 6) is 0. The van der Waals surface area contributed by atoms with Crippen LogP contribution in [0.5, 0.6) is 0 Å². The summed E-state index contributed by atoms with van der Waals surface area (Å²) in [7, 11) is 2.74. The maximum absolute atomic E-state index is 9.08. The van der Waals surface area contributed by atoms with Crippen LogP contribution in [0.2, 0.25) is 0 Å². The van der Waals surface area contributed by atoms with Crippen LogP contribution in [-0.2, 0) is 14.9 Å². The SMILES string of the molecule is CCCCCCCCCCCCCCCCCCOCC[N+](C)(C)C.CS(=O)(=O)[O-]. The quantitative estimate of drug-likeness (QED) is 0.127. The Morgan fingerprint density at radius 1 is 0.633 bits per heavy atom. The molecule has 0 aromatic carbocycles. The number of nitrogens with zero attached hydrogens (tertiary/aromatic N) is 1. The molecule has 0 spiro atoms. The first-order chi connectivity index (χ1) is 14.1. The van der Waals surface area contributed by atoms with Crippen LogP contribution < -0.4 is 0 Å². The summed E-state index contributed by atoms with van der Waals surface area (Å²) in [5.41, 5.74) is 0. The zero-order valence-corrected chi connectivity index (χ0v) is 21.7. The van der Waals surface area contributed by atoms with E-state index in [2.05, 4.69) is 28.1 Å². The summed E-state index contributed by atoms with van der Waals surface area (Å²) in [6, 6.07) is 0. The van der Waals surface area contributed by atoms with Crippen LogP contribution in [0.1, 0.15) is 110 Å². The Hall–Kier alpha value is -0.170. The van der Waals surface area contributed by atoms with E-state index in [4.69, 9.17) is 17.7 Å². The summed E-state index contributed by atoms with van der Waals surface area (Å²) in [6.07, 6.45) is 23.5. The molecule has 184 valence electrons. The first-order valence-corrected chi connectivity index (χ1v) is 14.2. The average Bonchev–Trinajstić information content (AvgIpc) is 2.61. The Labute approximate surface area is 189 Å². The number of unbranched alkanes of at least 4 members (excludes halogenated alkanes) is 15. The number of hydrogen-bond acceptors (Lipinski definition) is 4. The molecule has 5 nitrogen and oxygen atoms in total. The van der Waals surface area contributed by atoms with Crippen molar-refractivity contribution in [2.24, 2.45) is 0 Å². The fourth-order valence-corrected chi connectivity index (χ4v) is 3.19. The van der Waals surface area contributed by atoms with E-state index in [1.165, 1.54) is 103 Å². The zero-order chi connectivity index (χ0) is 23.1. The highest BCUT2D eigenvalue weighted by molar-refractivity contribution is 7.84. The molecule has 0 saturated carbocycles. The molecular weight excluding hydrogens is 398 g/mol. The van der Waals surface area contributed by atoms with Crippen LogP contribution in [0.4, 0.5) is 0 Å². The number of ether oxygens (including phenoxy) is 1. The van der Waals surface area contributed by atoms with Crippen molar-refractivity contribution < 1.29 is 22.2 Å². The smallest absolute Gasteiger partial charge is 0.102 e. The highest BCUT2D eigenvalue weighted by atomic mass is 32.2. The minimum atomic E-state index is -3.92. The summed E-state index contributed by atoms with van der Waals surface area (Å²) in [6.45, 7) is 5.27. The largest absolute Gasteiger partial charge is 0.748 e. The molecule has 0 aliphatic carbocycles. The van der Waals surface area contributed by atoms with Crippen molar-refractivity contribution in [2.75, 3.05) is 47.2 Å². The third-order valence-electron chi connectivity index (χ3n) is 5.05. The van der Waals surface area contributed by atoms with Crippen LogP contribution in [0.3, 0.4) is 0 Å². The lowest BCUT2D eigenvalue weighted by molar-refractivity contribution is -0.870. The van der Waals surface area contributed by atoms with E-state index in [0.29, 0.717) is 6.26 Å². The minimum absolute atomic E-state index is 0.604. The minimum Gasteiger partial charge on any atom is -0.748 e. The molecular formula is C24H53NO4S. The molecule has 0 aliphatic heterocycles. The maximum atomic E-state index is 9.08.